The highest BCUT2D eigenvalue weighted by molar-refractivity contribution is 6.14. The van der Waals surface area contributed by atoms with Crippen molar-refractivity contribution in [2.24, 2.45) is 0 Å². The van der Waals surface area contributed by atoms with Crippen LogP contribution in [0.15, 0.2) is 66.7 Å². The van der Waals surface area contributed by atoms with E-state index in [9.17, 15) is 24.3 Å². The predicted octanol–water partition coefficient (Wildman–Crippen LogP) is 3.77. The molecular weight excluding hydrogens is 572 g/mol. The SMILES string of the molecule is COCOc1ccc(C(=O)NC2CN(C(=O)O)CCCC2OC(=O)c2ccccc2C(=O)c2ccc3c(c2)OCCO3)cc1. The van der Waals surface area contributed by atoms with Crippen LogP contribution in [0.1, 0.15) is 49.5 Å². The number of nitrogens with one attached hydrogen (secondary N) is 1. The topological polar surface area (TPSA) is 150 Å². The number of carbonyl (C=O) groups excluding carboxylic acids is 3. The number of likely N-dealkylation sites (tertiary alicyclic amines) is 1. The molecule has 3 aromatic carbocycles. The van der Waals surface area contributed by atoms with Crippen molar-refractivity contribution in [1.82, 2.24) is 10.2 Å². The predicted molar refractivity (Wildman–Crippen MR) is 156 cm³/mol. The van der Waals surface area contributed by atoms with Gasteiger partial charge in [0.25, 0.3) is 5.91 Å². The fraction of sp³-hybridized carbons (Fsp3) is 0.312. The first-order valence-electron chi connectivity index (χ1n) is 14.1. The van der Waals surface area contributed by atoms with Crippen LogP contribution in [0.25, 0.3) is 0 Å². The van der Waals surface area contributed by atoms with Gasteiger partial charge in [-0.05, 0) is 61.4 Å². The Kier molecular flexibility index (Phi) is 9.60. The number of carbonyl (C=O) groups is 4. The van der Waals surface area contributed by atoms with Crippen LogP contribution >= 0.6 is 0 Å². The second kappa shape index (κ2) is 13.9. The number of benzene rings is 3. The summed E-state index contributed by atoms with van der Waals surface area (Å²) in [6.07, 6.45) is -1.31. The monoisotopic (exact) mass is 604 g/mol. The molecule has 0 aliphatic carbocycles. The molecule has 2 aliphatic rings. The number of carboxylic acid groups (broad SMARTS) is 1. The highest BCUT2D eigenvalue weighted by Gasteiger charge is 2.34. The van der Waals surface area contributed by atoms with E-state index in [0.717, 1.165) is 0 Å². The van der Waals surface area contributed by atoms with Gasteiger partial charge in [0.15, 0.2) is 24.1 Å². The Hall–Kier alpha value is -5.10. The van der Waals surface area contributed by atoms with Gasteiger partial charge < -0.3 is 39.0 Å². The van der Waals surface area contributed by atoms with Crippen molar-refractivity contribution < 1.29 is 48.0 Å². The Labute approximate surface area is 253 Å². The van der Waals surface area contributed by atoms with Crippen molar-refractivity contribution in [2.75, 3.05) is 40.2 Å². The molecule has 0 saturated carbocycles. The molecule has 44 heavy (non-hydrogen) atoms. The standard InChI is InChI=1S/C32H32N2O10/c1-40-19-43-22-11-8-20(9-12-22)30(36)33-25-18-34(32(38)39)14-4-7-26(25)44-31(37)24-6-3-2-5-23(24)29(35)21-10-13-27-28(17-21)42-16-15-41-27/h2-3,5-6,8-13,17,25-26H,4,7,14-16,18-19H2,1H3,(H,33,36)(H,38,39). The molecule has 2 atom stereocenters. The summed E-state index contributed by atoms with van der Waals surface area (Å²) in [5.41, 5.74) is 0.793. The molecule has 0 bridgehead atoms. The lowest BCUT2D eigenvalue weighted by Gasteiger charge is -2.28. The number of methoxy groups -OCH3 is 1. The van der Waals surface area contributed by atoms with E-state index in [1.807, 2.05) is 0 Å². The maximum absolute atomic E-state index is 13.6. The second-order valence-corrected chi connectivity index (χ2v) is 10.2. The number of esters is 1. The molecule has 2 aliphatic heterocycles. The van der Waals surface area contributed by atoms with E-state index >= 15 is 0 Å². The molecule has 2 N–H and O–H groups in total. The van der Waals surface area contributed by atoms with Gasteiger partial charge in [-0.3, -0.25) is 9.59 Å². The third-order valence-corrected chi connectivity index (χ3v) is 7.28. The Morgan fingerprint density at radius 3 is 2.36 bits per heavy atom. The van der Waals surface area contributed by atoms with Crippen LogP contribution in [0.2, 0.25) is 0 Å². The highest BCUT2D eigenvalue weighted by atomic mass is 16.7. The Bertz CT molecular complexity index is 1520. The van der Waals surface area contributed by atoms with Gasteiger partial charge in [-0.2, -0.15) is 0 Å². The van der Waals surface area contributed by atoms with Gasteiger partial charge in [0.2, 0.25) is 0 Å². The number of ether oxygens (including phenoxy) is 5. The number of ketones is 1. The average Bonchev–Trinajstić information content (AvgIpc) is 3.25. The van der Waals surface area contributed by atoms with Crippen LogP contribution < -0.4 is 19.5 Å². The number of hydrogen-bond donors (Lipinski definition) is 2. The number of nitrogens with zero attached hydrogens (tertiary/aromatic N) is 1. The normalized spacial score (nSPS) is 17.6. The molecule has 1 saturated heterocycles. The van der Waals surface area contributed by atoms with E-state index in [0.29, 0.717) is 54.4 Å². The molecule has 5 rings (SSSR count). The lowest BCUT2D eigenvalue weighted by Crippen LogP contribution is -2.51. The number of fused-ring (bicyclic) bond motifs is 1. The summed E-state index contributed by atoms with van der Waals surface area (Å²) in [5, 5.41) is 12.5. The summed E-state index contributed by atoms with van der Waals surface area (Å²) in [4.78, 5) is 53.3. The Morgan fingerprint density at radius 2 is 1.64 bits per heavy atom. The quantitative estimate of drug-likeness (QED) is 0.210. The largest absolute Gasteiger partial charge is 0.486 e. The first kappa shape index (κ1) is 30.4. The molecule has 230 valence electrons. The van der Waals surface area contributed by atoms with Gasteiger partial charge in [0.1, 0.15) is 25.1 Å². The zero-order valence-corrected chi connectivity index (χ0v) is 24.0. The van der Waals surface area contributed by atoms with E-state index in [4.69, 9.17) is 23.7 Å². The van der Waals surface area contributed by atoms with Gasteiger partial charge >= 0.3 is 12.1 Å². The lowest BCUT2D eigenvalue weighted by atomic mass is 9.97. The van der Waals surface area contributed by atoms with Gasteiger partial charge in [-0.15, -0.1) is 0 Å². The van der Waals surface area contributed by atoms with E-state index in [2.05, 4.69) is 5.32 Å². The van der Waals surface area contributed by atoms with Gasteiger partial charge in [0.05, 0.1) is 11.6 Å². The number of hydrogen-bond acceptors (Lipinski definition) is 9. The fourth-order valence-electron chi connectivity index (χ4n) is 5.07. The van der Waals surface area contributed by atoms with Crippen LogP contribution in [0.4, 0.5) is 4.79 Å². The summed E-state index contributed by atoms with van der Waals surface area (Å²) >= 11 is 0. The summed E-state index contributed by atoms with van der Waals surface area (Å²) in [6.45, 7) is 0.946. The highest BCUT2D eigenvalue weighted by Crippen LogP contribution is 2.32. The molecule has 3 aromatic rings. The lowest BCUT2D eigenvalue weighted by molar-refractivity contribution is 0.0177. The zero-order chi connectivity index (χ0) is 31.1. The Morgan fingerprint density at radius 1 is 0.932 bits per heavy atom. The first-order valence-corrected chi connectivity index (χ1v) is 14.1. The van der Waals surface area contributed by atoms with E-state index < -0.39 is 35.9 Å². The molecule has 0 spiro atoms. The van der Waals surface area contributed by atoms with Gasteiger partial charge in [-0.1, -0.05) is 18.2 Å². The van der Waals surface area contributed by atoms with Crippen molar-refractivity contribution in [2.45, 2.75) is 25.0 Å². The van der Waals surface area contributed by atoms with Crippen molar-refractivity contribution >= 4 is 23.8 Å². The smallest absolute Gasteiger partial charge is 0.407 e. The number of rotatable bonds is 9. The summed E-state index contributed by atoms with van der Waals surface area (Å²) in [6, 6.07) is 16.6. The third-order valence-electron chi connectivity index (χ3n) is 7.28. The minimum absolute atomic E-state index is 0.0449. The molecule has 12 nitrogen and oxygen atoms in total. The van der Waals surface area contributed by atoms with Gasteiger partial charge in [0, 0.05) is 36.9 Å². The third kappa shape index (κ3) is 7.09. The average molecular weight is 605 g/mol. The van der Waals surface area contributed by atoms with E-state index in [1.165, 1.54) is 24.1 Å². The molecule has 0 aromatic heterocycles. The zero-order valence-electron chi connectivity index (χ0n) is 24.0. The minimum Gasteiger partial charge on any atom is -0.486 e. The Balaban J connectivity index is 1.35. The van der Waals surface area contributed by atoms with Gasteiger partial charge in [-0.25, -0.2) is 9.59 Å². The molecule has 0 radical (unpaired) electrons. The summed E-state index contributed by atoms with van der Waals surface area (Å²) in [7, 11) is 1.50. The fourth-order valence-corrected chi connectivity index (χ4v) is 5.07. The number of amides is 2. The molecule has 2 unspecified atom stereocenters. The minimum atomic E-state index is -1.15. The van der Waals surface area contributed by atoms with Crippen LogP contribution in [-0.4, -0.2) is 86.1 Å². The van der Waals surface area contributed by atoms with Crippen molar-refractivity contribution in [3.63, 3.8) is 0 Å². The van der Waals surface area contributed by atoms with E-state index in [-0.39, 0.29) is 31.0 Å². The van der Waals surface area contributed by atoms with Crippen LogP contribution in [0, 0.1) is 0 Å². The molecule has 12 heteroatoms. The van der Waals surface area contributed by atoms with Crippen LogP contribution in [-0.2, 0) is 9.47 Å². The first-order chi connectivity index (χ1) is 21.3. The van der Waals surface area contributed by atoms with E-state index in [1.54, 1.807) is 54.6 Å². The summed E-state index contributed by atoms with van der Waals surface area (Å²) in [5.74, 6) is -0.164. The summed E-state index contributed by atoms with van der Waals surface area (Å²) < 4.78 is 27.3. The molecule has 1 fully saturated rings. The van der Waals surface area contributed by atoms with Crippen molar-refractivity contribution in [3.8, 4) is 17.2 Å². The maximum Gasteiger partial charge on any atom is 0.407 e. The molecule has 2 amide bonds. The van der Waals surface area contributed by atoms with Crippen molar-refractivity contribution in [1.29, 1.82) is 0 Å². The van der Waals surface area contributed by atoms with Crippen LogP contribution in [0.5, 0.6) is 17.2 Å². The molecule has 2 heterocycles. The second-order valence-electron chi connectivity index (χ2n) is 10.2. The van der Waals surface area contributed by atoms with Crippen LogP contribution in [0.3, 0.4) is 0 Å². The van der Waals surface area contributed by atoms with Crippen molar-refractivity contribution in [3.05, 3.63) is 89.0 Å². The molecular formula is C32H32N2O10. The maximum atomic E-state index is 13.6.